The van der Waals surface area contributed by atoms with Crippen LogP contribution in [0.25, 0.3) is 0 Å². The minimum atomic E-state index is 0.149. The smallest absolute Gasteiger partial charge is 0.129 e. The van der Waals surface area contributed by atoms with Gasteiger partial charge in [0.1, 0.15) is 12.1 Å². The molecule has 1 unspecified atom stereocenters. The van der Waals surface area contributed by atoms with Crippen LogP contribution in [0.5, 0.6) is 0 Å². The van der Waals surface area contributed by atoms with Crippen molar-refractivity contribution in [2.24, 2.45) is 0 Å². The van der Waals surface area contributed by atoms with Crippen molar-refractivity contribution in [1.82, 2.24) is 9.97 Å². The van der Waals surface area contributed by atoms with E-state index < -0.39 is 0 Å². The molecule has 1 saturated heterocycles. The molecular formula is C15H23N3O. The van der Waals surface area contributed by atoms with Crippen LogP contribution in [-0.2, 0) is 4.74 Å². The highest BCUT2D eigenvalue weighted by atomic mass is 16.5. The van der Waals surface area contributed by atoms with E-state index in [-0.39, 0.29) is 5.60 Å². The average molecular weight is 261 g/mol. The molecule has 1 spiro atoms. The number of anilines is 1. The topological polar surface area (TPSA) is 47.0 Å². The van der Waals surface area contributed by atoms with Crippen molar-refractivity contribution in [3.05, 3.63) is 18.1 Å². The average Bonchev–Trinajstić information content (AvgIpc) is 2.40. The normalized spacial score (nSPS) is 26.3. The van der Waals surface area contributed by atoms with Crippen molar-refractivity contribution in [2.45, 2.75) is 63.5 Å². The molecule has 2 heterocycles. The van der Waals surface area contributed by atoms with Gasteiger partial charge in [0.15, 0.2) is 0 Å². The van der Waals surface area contributed by atoms with E-state index in [0.29, 0.717) is 6.04 Å². The molecular weight excluding hydrogens is 238 g/mol. The Morgan fingerprint density at radius 3 is 2.89 bits per heavy atom. The third-order valence-electron chi connectivity index (χ3n) is 4.41. The summed E-state index contributed by atoms with van der Waals surface area (Å²) in [7, 11) is 0. The van der Waals surface area contributed by atoms with E-state index in [1.165, 1.54) is 32.1 Å². The summed E-state index contributed by atoms with van der Waals surface area (Å²) in [6, 6.07) is 2.50. The van der Waals surface area contributed by atoms with Crippen LogP contribution >= 0.6 is 0 Å². The lowest BCUT2D eigenvalue weighted by Gasteiger charge is -2.43. The Balaban J connectivity index is 1.65. The largest absolute Gasteiger partial charge is 0.375 e. The Bertz CT molecular complexity index is 424. The van der Waals surface area contributed by atoms with E-state index in [9.17, 15) is 0 Å². The van der Waals surface area contributed by atoms with Gasteiger partial charge in [0.05, 0.1) is 5.60 Å². The molecule has 0 radical (unpaired) electrons. The van der Waals surface area contributed by atoms with Crippen LogP contribution in [0.4, 0.5) is 5.82 Å². The van der Waals surface area contributed by atoms with Gasteiger partial charge >= 0.3 is 0 Å². The first-order chi connectivity index (χ1) is 9.26. The molecule has 2 fully saturated rings. The van der Waals surface area contributed by atoms with E-state index in [1.54, 1.807) is 6.33 Å². The van der Waals surface area contributed by atoms with Gasteiger partial charge in [0.2, 0.25) is 0 Å². The molecule has 2 aliphatic rings. The van der Waals surface area contributed by atoms with E-state index in [4.69, 9.17) is 4.74 Å². The number of aromatic nitrogens is 2. The molecule has 104 valence electrons. The van der Waals surface area contributed by atoms with Crippen LogP contribution < -0.4 is 5.32 Å². The lowest BCUT2D eigenvalue weighted by molar-refractivity contribution is -0.103. The molecule has 1 atom stereocenters. The second-order valence-electron chi connectivity index (χ2n) is 5.97. The first-order valence-electron chi connectivity index (χ1n) is 7.45. The monoisotopic (exact) mass is 261 g/mol. The van der Waals surface area contributed by atoms with Gasteiger partial charge in [-0.2, -0.15) is 0 Å². The van der Waals surface area contributed by atoms with Crippen LogP contribution in [-0.4, -0.2) is 28.2 Å². The Morgan fingerprint density at radius 2 is 2.11 bits per heavy atom. The molecule has 3 rings (SSSR count). The molecule has 1 saturated carbocycles. The van der Waals surface area contributed by atoms with E-state index in [2.05, 4.69) is 15.3 Å². The lowest BCUT2D eigenvalue weighted by Crippen LogP contribution is -2.45. The fourth-order valence-electron chi connectivity index (χ4n) is 3.44. The van der Waals surface area contributed by atoms with E-state index >= 15 is 0 Å². The van der Waals surface area contributed by atoms with Crippen LogP contribution in [0.1, 0.15) is 50.6 Å². The molecule has 1 aliphatic heterocycles. The molecule has 1 aliphatic carbocycles. The summed E-state index contributed by atoms with van der Waals surface area (Å²) in [6.45, 7) is 2.88. The maximum absolute atomic E-state index is 6.13. The van der Waals surface area contributed by atoms with Gasteiger partial charge in [0.25, 0.3) is 0 Å². The van der Waals surface area contributed by atoms with Gasteiger partial charge in [-0.3, -0.25) is 0 Å². The molecule has 19 heavy (non-hydrogen) atoms. The standard InChI is InChI=1S/C15H23N3O/c1-12-9-14(17-11-16-12)18-13-5-8-19-15(10-13)6-3-2-4-7-15/h9,11,13H,2-8,10H2,1H3,(H,16,17,18). The predicted octanol–water partition coefficient (Wildman–Crippen LogP) is 3.08. The number of ether oxygens (including phenoxy) is 1. The summed E-state index contributed by atoms with van der Waals surface area (Å²) in [5.41, 5.74) is 1.16. The Labute approximate surface area is 115 Å². The summed E-state index contributed by atoms with van der Waals surface area (Å²) in [4.78, 5) is 8.44. The fraction of sp³-hybridized carbons (Fsp3) is 0.733. The minimum Gasteiger partial charge on any atom is -0.375 e. The second-order valence-corrected chi connectivity index (χ2v) is 5.97. The zero-order valence-corrected chi connectivity index (χ0v) is 11.7. The maximum atomic E-state index is 6.13. The highest BCUT2D eigenvalue weighted by molar-refractivity contribution is 5.35. The molecule has 0 bridgehead atoms. The quantitative estimate of drug-likeness (QED) is 0.888. The summed E-state index contributed by atoms with van der Waals surface area (Å²) in [6.07, 6.45) is 10.3. The summed E-state index contributed by atoms with van der Waals surface area (Å²) >= 11 is 0. The highest BCUT2D eigenvalue weighted by Crippen LogP contribution is 2.39. The number of rotatable bonds is 2. The van der Waals surface area contributed by atoms with Crippen molar-refractivity contribution in [3.63, 3.8) is 0 Å². The van der Waals surface area contributed by atoms with Crippen molar-refractivity contribution >= 4 is 5.82 Å². The van der Waals surface area contributed by atoms with Gasteiger partial charge < -0.3 is 10.1 Å². The highest BCUT2D eigenvalue weighted by Gasteiger charge is 2.38. The maximum Gasteiger partial charge on any atom is 0.129 e. The van der Waals surface area contributed by atoms with Gasteiger partial charge in [-0.1, -0.05) is 19.3 Å². The Hall–Kier alpha value is -1.16. The van der Waals surface area contributed by atoms with Crippen molar-refractivity contribution < 1.29 is 4.74 Å². The third-order valence-corrected chi connectivity index (χ3v) is 4.41. The summed E-state index contributed by atoms with van der Waals surface area (Å²) in [5.74, 6) is 0.949. The zero-order chi connectivity index (χ0) is 13.1. The van der Waals surface area contributed by atoms with Crippen molar-refractivity contribution in [2.75, 3.05) is 11.9 Å². The molecule has 0 aromatic carbocycles. The predicted molar refractivity (Wildman–Crippen MR) is 75.2 cm³/mol. The van der Waals surface area contributed by atoms with E-state index in [0.717, 1.165) is 31.0 Å². The van der Waals surface area contributed by atoms with Crippen LogP contribution in [0, 0.1) is 6.92 Å². The van der Waals surface area contributed by atoms with Crippen molar-refractivity contribution in [1.29, 1.82) is 0 Å². The van der Waals surface area contributed by atoms with Crippen LogP contribution in [0.15, 0.2) is 12.4 Å². The minimum absolute atomic E-state index is 0.149. The molecule has 1 N–H and O–H groups in total. The van der Waals surface area contributed by atoms with Crippen LogP contribution in [0.3, 0.4) is 0 Å². The van der Waals surface area contributed by atoms with Crippen molar-refractivity contribution in [3.8, 4) is 0 Å². The first-order valence-corrected chi connectivity index (χ1v) is 7.45. The van der Waals surface area contributed by atoms with Gasteiger partial charge in [-0.15, -0.1) is 0 Å². The first kappa shape index (κ1) is 12.9. The number of hydrogen-bond donors (Lipinski definition) is 1. The number of hydrogen-bond acceptors (Lipinski definition) is 4. The molecule has 4 nitrogen and oxygen atoms in total. The van der Waals surface area contributed by atoms with Gasteiger partial charge in [-0.25, -0.2) is 9.97 Å². The SMILES string of the molecule is Cc1cc(NC2CCOC3(CCCCC3)C2)ncn1. The van der Waals surface area contributed by atoms with E-state index in [1.807, 2.05) is 13.0 Å². The number of nitrogens with one attached hydrogen (secondary N) is 1. The lowest BCUT2D eigenvalue weighted by atomic mass is 9.78. The number of nitrogens with zero attached hydrogens (tertiary/aromatic N) is 2. The second kappa shape index (κ2) is 5.45. The molecule has 1 aromatic rings. The van der Waals surface area contributed by atoms with Gasteiger partial charge in [-0.05, 0) is 32.6 Å². The molecule has 1 aromatic heterocycles. The summed E-state index contributed by atoms with van der Waals surface area (Å²) in [5, 5.41) is 3.56. The molecule has 0 amide bonds. The van der Waals surface area contributed by atoms with Crippen LogP contribution in [0.2, 0.25) is 0 Å². The van der Waals surface area contributed by atoms with Gasteiger partial charge in [0, 0.05) is 24.4 Å². The fourth-order valence-corrected chi connectivity index (χ4v) is 3.44. The number of aryl methyl sites for hydroxylation is 1. The Morgan fingerprint density at radius 1 is 1.26 bits per heavy atom. The Kier molecular flexibility index (Phi) is 3.69. The molecule has 4 heteroatoms. The third kappa shape index (κ3) is 3.06. The zero-order valence-electron chi connectivity index (χ0n) is 11.7. The summed E-state index contributed by atoms with van der Waals surface area (Å²) < 4.78 is 6.13.